The summed E-state index contributed by atoms with van der Waals surface area (Å²) < 4.78 is 7.68. The van der Waals surface area contributed by atoms with E-state index in [0.717, 1.165) is 22.3 Å². The third kappa shape index (κ3) is 4.07. The second-order valence-electron chi connectivity index (χ2n) is 7.24. The smallest absolute Gasteiger partial charge is 0.192 e. The third-order valence-corrected chi connectivity index (χ3v) is 6.50. The van der Waals surface area contributed by atoms with Gasteiger partial charge in [-0.05, 0) is 55.7 Å². The number of methoxy groups -OCH3 is 1. The van der Waals surface area contributed by atoms with Crippen molar-refractivity contribution in [2.24, 2.45) is 0 Å². The van der Waals surface area contributed by atoms with Crippen molar-refractivity contribution in [1.29, 1.82) is 0 Å². The SMILES string of the molecule is COc1ccc(-c2nnc(SC(C)c3cccnc3)n2C2CCCCC2)cc1. The number of pyridine rings is 1. The Labute approximate surface area is 170 Å². The molecule has 6 heteroatoms. The molecule has 1 fully saturated rings. The molecule has 0 spiro atoms. The zero-order valence-electron chi connectivity index (χ0n) is 16.4. The molecule has 1 unspecified atom stereocenters. The van der Waals surface area contributed by atoms with E-state index >= 15 is 0 Å². The fraction of sp³-hybridized carbons (Fsp3) is 0.409. The lowest BCUT2D eigenvalue weighted by Gasteiger charge is -2.26. The molecule has 5 nitrogen and oxygen atoms in total. The molecule has 0 bridgehead atoms. The molecule has 1 atom stereocenters. The summed E-state index contributed by atoms with van der Waals surface area (Å²) in [5.41, 5.74) is 2.29. The minimum atomic E-state index is 0.268. The Balaban J connectivity index is 1.68. The Bertz CT molecular complexity index is 889. The Hall–Kier alpha value is -2.34. The molecule has 0 radical (unpaired) electrons. The van der Waals surface area contributed by atoms with Crippen LogP contribution in [0.5, 0.6) is 5.75 Å². The molecule has 0 N–H and O–H groups in total. The molecule has 0 aliphatic heterocycles. The van der Waals surface area contributed by atoms with Crippen molar-refractivity contribution in [2.45, 2.75) is 55.5 Å². The van der Waals surface area contributed by atoms with E-state index in [1.54, 1.807) is 18.9 Å². The fourth-order valence-electron chi connectivity index (χ4n) is 3.81. The highest BCUT2D eigenvalue weighted by Crippen LogP contribution is 2.40. The van der Waals surface area contributed by atoms with Gasteiger partial charge in [-0.2, -0.15) is 0 Å². The zero-order valence-corrected chi connectivity index (χ0v) is 17.2. The number of rotatable bonds is 6. The average Bonchev–Trinajstić information content (AvgIpc) is 3.18. The summed E-state index contributed by atoms with van der Waals surface area (Å²) in [5.74, 6) is 1.81. The first-order valence-corrected chi connectivity index (χ1v) is 10.8. The number of benzene rings is 1. The van der Waals surface area contributed by atoms with E-state index in [1.165, 1.54) is 37.7 Å². The molecule has 4 rings (SSSR count). The number of aromatic nitrogens is 4. The van der Waals surface area contributed by atoms with Crippen LogP contribution in [-0.4, -0.2) is 26.9 Å². The minimum absolute atomic E-state index is 0.268. The molecule has 2 aromatic heterocycles. The molecular formula is C22H26N4OS. The topological polar surface area (TPSA) is 52.8 Å². The van der Waals surface area contributed by atoms with Gasteiger partial charge >= 0.3 is 0 Å². The van der Waals surface area contributed by atoms with E-state index < -0.39 is 0 Å². The van der Waals surface area contributed by atoms with Crippen molar-refractivity contribution < 1.29 is 4.74 Å². The third-order valence-electron chi connectivity index (χ3n) is 5.39. The van der Waals surface area contributed by atoms with E-state index in [9.17, 15) is 0 Å². The van der Waals surface area contributed by atoms with Crippen molar-refractivity contribution in [3.8, 4) is 17.1 Å². The van der Waals surface area contributed by atoms with Crippen molar-refractivity contribution >= 4 is 11.8 Å². The van der Waals surface area contributed by atoms with Crippen LogP contribution in [0.4, 0.5) is 0 Å². The van der Waals surface area contributed by atoms with Crippen LogP contribution < -0.4 is 4.74 Å². The van der Waals surface area contributed by atoms with E-state index in [2.05, 4.69) is 44.9 Å². The monoisotopic (exact) mass is 394 g/mol. The van der Waals surface area contributed by atoms with Crippen LogP contribution >= 0.6 is 11.8 Å². The summed E-state index contributed by atoms with van der Waals surface area (Å²) >= 11 is 1.76. The maximum absolute atomic E-state index is 5.31. The van der Waals surface area contributed by atoms with Gasteiger partial charge in [0.1, 0.15) is 5.75 Å². The van der Waals surface area contributed by atoms with Gasteiger partial charge in [-0.15, -0.1) is 10.2 Å². The Morgan fingerprint density at radius 1 is 1.07 bits per heavy atom. The van der Waals surface area contributed by atoms with Crippen LogP contribution in [0, 0.1) is 0 Å². The van der Waals surface area contributed by atoms with Crippen LogP contribution in [0.2, 0.25) is 0 Å². The van der Waals surface area contributed by atoms with Crippen LogP contribution in [0.1, 0.15) is 55.9 Å². The van der Waals surface area contributed by atoms with Crippen LogP contribution in [-0.2, 0) is 0 Å². The number of hydrogen-bond donors (Lipinski definition) is 0. The van der Waals surface area contributed by atoms with E-state index in [4.69, 9.17) is 4.74 Å². The first-order valence-electron chi connectivity index (χ1n) is 9.92. The van der Waals surface area contributed by atoms with E-state index in [0.29, 0.717) is 6.04 Å². The van der Waals surface area contributed by atoms with Gasteiger partial charge in [0.25, 0.3) is 0 Å². The Kier molecular flexibility index (Phi) is 5.95. The highest BCUT2D eigenvalue weighted by atomic mass is 32.2. The molecule has 1 aliphatic rings. The second-order valence-corrected chi connectivity index (χ2v) is 8.55. The summed E-state index contributed by atoms with van der Waals surface area (Å²) in [6, 6.07) is 12.7. The highest BCUT2D eigenvalue weighted by Gasteiger charge is 2.25. The predicted octanol–water partition coefficient (Wildman–Crippen LogP) is 5.71. The summed E-state index contributed by atoms with van der Waals surface area (Å²) in [5, 5.41) is 10.5. The standard InChI is InChI=1S/C22H26N4OS/c1-16(18-7-6-14-23-15-18)28-22-25-24-21(17-10-12-20(27-2)13-11-17)26(22)19-8-4-3-5-9-19/h6-7,10-16,19H,3-5,8-9H2,1-2H3. The molecule has 28 heavy (non-hydrogen) atoms. The normalized spacial score (nSPS) is 16.1. The maximum atomic E-state index is 5.31. The van der Waals surface area contributed by atoms with Crippen LogP contribution in [0.25, 0.3) is 11.4 Å². The highest BCUT2D eigenvalue weighted by molar-refractivity contribution is 7.99. The van der Waals surface area contributed by atoms with Gasteiger partial charge in [-0.25, -0.2) is 0 Å². The molecule has 1 saturated carbocycles. The molecular weight excluding hydrogens is 368 g/mol. The molecule has 1 aromatic carbocycles. The van der Waals surface area contributed by atoms with Gasteiger partial charge in [-0.3, -0.25) is 9.55 Å². The maximum Gasteiger partial charge on any atom is 0.192 e. The lowest BCUT2D eigenvalue weighted by atomic mass is 9.95. The molecule has 146 valence electrons. The van der Waals surface area contributed by atoms with Gasteiger partial charge in [-0.1, -0.05) is 37.1 Å². The van der Waals surface area contributed by atoms with E-state index in [-0.39, 0.29) is 5.25 Å². The number of ether oxygens (including phenoxy) is 1. The predicted molar refractivity (Wildman–Crippen MR) is 113 cm³/mol. The second kappa shape index (κ2) is 8.78. The molecule has 2 heterocycles. The fourth-order valence-corrected chi connectivity index (χ4v) is 4.83. The van der Waals surface area contributed by atoms with Crippen molar-refractivity contribution in [2.75, 3.05) is 7.11 Å². The number of nitrogens with zero attached hydrogens (tertiary/aromatic N) is 4. The lowest BCUT2D eigenvalue weighted by molar-refractivity contribution is 0.339. The molecule has 0 saturated heterocycles. The first-order chi connectivity index (χ1) is 13.8. The summed E-state index contributed by atoms with van der Waals surface area (Å²) in [4.78, 5) is 4.26. The van der Waals surface area contributed by atoms with Gasteiger partial charge in [0, 0.05) is 29.2 Å². The molecule has 0 amide bonds. The van der Waals surface area contributed by atoms with Crippen molar-refractivity contribution in [3.63, 3.8) is 0 Å². The number of thioether (sulfide) groups is 1. The summed E-state index contributed by atoms with van der Waals surface area (Å²) in [6.07, 6.45) is 9.99. The van der Waals surface area contributed by atoms with Gasteiger partial charge < -0.3 is 4.74 Å². The largest absolute Gasteiger partial charge is 0.497 e. The van der Waals surface area contributed by atoms with Crippen LogP contribution in [0.15, 0.2) is 53.9 Å². The molecule has 1 aliphatic carbocycles. The average molecular weight is 395 g/mol. The van der Waals surface area contributed by atoms with Gasteiger partial charge in [0.15, 0.2) is 11.0 Å². The summed E-state index contributed by atoms with van der Waals surface area (Å²) in [6.45, 7) is 2.20. The quantitative estimate of drug-likeness (QED) is 0.501. The lowest BCUT2D eigenvalue weighted by Crippen LogP contribution is -2.15. The van der Waals surface area contributed by atoms with E-state index in [1.807, 2.05) is 30.6 Å². The number of hydrogen-bond acceptors (Lipinski definition) is 5. The Morgan fingerprint density at radius 2 is 1.86 bits per heavy atom. The summed E-state index contributed by atoms with van der Waals surface area (Å²) in [7, 11) is 1.69. The first kappa shape index (κ1) is 19.0. The zero-order chi connectivity index (χ0) is 19.3. The molecule has 3 aromatic rings. The van der Waals surface area contributed by atoms with Gasteiger partial charge in [0.05, 0.1) is 7.11 Å². The van der Waals surface area contributed by atoms with Crippen molar-refractivity contribution in [3.05, 3.63) is 54.4 Å². The van der Waals surface area contributed by atoms with Gasteiger partial charge in [0.2, 0.25) is 0 Å². The Morgan fingerprint density at radius 3 is 2.54 bits per heavy atom. The van der Waals surface area contributed by atoms with Crippen molar-refractivity contribution in [1.82, 2.24) is 19.7 Å². The van der Waals surface area contributed by atoms with Crippen LogP contribution in [0.3, 0.4) is 0 Å². The minimum Gasteiger partial charge on any atom is -0.497 e.